The second-order valence-corrected chi connectivity index (χ2v) is 5.09. The quantitative estimate of drug-likeness (QED) is 0.877. The van der Waals surface area contributed by atoms with Crippen LogP contribution < -0.4 is 5.32 Å². The predicted octanol–water partition coefficient (Wildman–Crippen LogP) is 3.25. The predicted molar refractivity (Wildman–Crippen MR) is 70.2 cm³/mol. The summed E-state index contributed by atoms with van der Waals surface area (Å²) < 4.78 is 0. The molecule has 4 heteroatoms. The van der Waals surface area contributed by atoms with Crippen LogP contribution in [0.4, 0.5) is 0 Å². The van der Waals surface area contributed by atoms with Crippen molar-refractivity contribution in [1.29, 1.82) is 0 Å². The molecule has 1 fully saturated rings. The van der Waals surface area contributed by atoms with Gasteiger partial charge < -0.3 is 10.3 Å². The fourth-order valence-corrected chi connectivity index (χ4v) is 2.72. The van der Waals surface area contributed by atoms with Crippen LogP contribution in [0, 0.1) is 0 Å². The van der Waals surface area contributed by atoms with Crippen LogP contribution in [0.1, 0.15) is 31.5 Å². The first kappa shape index (κ1) is 11.1. The lowest BCUT2D eigenvalue weighted by Gasteiger charge is -2.09. The van der Waals surface area contributed by atoms with Crippen LogP contribution in [0.2, 0.25) is 5.02 Å². The van der Waals surface area contributed by atoms with Crippen LogP contribution in [0.5, 0.6) is 0 Å². The van der Waals surface area contributed by atoms with Gasteiger partial charge in [-0.1, -0.05) is 30.5 Å². The van der Waals surface area contributed by atoms with E-state index in [9.17, 15) is 0 Å². The van der Waals surface area contributed by atoms with Gasteiger partial charge in [0.2, 0.25) is 0 Å². The van der Waals surface area contributed by atoms with E-state index >= 15 is 0 Å². The summed E-state index contributed by atoms with van der Waals surface area (Å²) in [4.78, 5) is 7.83. The van der Waals surface area contributed by atoms with E-state index in [1.807, 2.05) is 18.2 Å². The molecule has 0 bridgehead atoms. The van der Waals surface area contributed by atoms with E-state index in [0.29, 0.717) is 11.1 Å². The first-order chi connectivity index (χ1) is 8.33. The molecule has 0 atom stereocenters. The molecule has 0 radical (unpaired) electrons. The number of H-pyrrole nitrogens is 1. The number of nitrogens with zero attached hydrogens (tertiary/aromatic N) is 1. The number of benzene rings is 1. The molecule has 2 N–H and O–H groups in total. The number of aromatic amines is 1. The molecule has 0 saturated heterocycles. The molecule has 1 heterocycles. The highest BCUT2D eigenvalue weighted by Crippen LogP contribution is 2.21. The Morgan fingerprint density at radius 3 is 2.94 bits per heavy atom. The van der Waals surface area contributed by atoms with Crippen molar-refractivity contribution in [3.05, 3.63) is 29.0 Å². The average Bonchev–Trinajstić information content (AvgIpc) is 2.95. The molecule has 90 valence electrons. The second kappa shape index (κ2) is 4.67. The maximum Gasteiger partial charge on any atom is 0.121 e. The van der Waals surface area contributed by atoms with Crippen molar-refractivity contribution in [2.75, 3.05) is 0 Å². The van der Waals surface area contributed by atoms with Gasteiger partial charge in [-0.05, 0) is 25.0 Å². The van der Waals surface area contributed by atoms with E-state index in [4.69, 9.17) is 11.6 Å². The highest BCUT2D eigenvalue weighted by atomic mass is 35.5. The number of imidazole rings is 1. The summed E-state index contributed by atoms with van der Waals surface area (Å²) in [6.07, 6.45) is 5.29. The van der Waals surface area contributed by atoms with Crippen LogP contribution in [0.25, 0.3) is 11.0 Å². The Kier molecular flexibility index (Phi) is 3.04. The summed E-state index contributed by atoms with van der Waals surface area (Å²) in [6.45, 7) is 0.801. The fourth-order valence-electron chi connectivity index (χ4n) is 2.50. The van der Waals surface area contributed by atoms with Gasteiger partial charge in [-0.3, -0.25) is 0 Å². The zero-order chi connectivity index (χ0) is 11.7. The third kappa shape index (κ3) is 2.31. The number of halogens is 1. The molecule has 0 amide bonds. The van der Waals surface area contributed by atoms with E-state index < -0.39 is 0 Å². The van der Waals surface area contributed by atoms with E-state index in [0.717, 1.165) is 23.4 Å². The number of fused-ring (bicyclic) bond motifs is 1. The Balaban J connectivity index is 1.74. The summed E-state index contributed by atoms with van der Waals surface area (Å²) >= 11 is 6.09. The van der Waals surface area contributed by atoms with Crippen molar-refractivity contribution in [3.8, 4) is 0 Å². The van der Waals surface area contributed by atoms with Crippen molar-refractivity contribution < 1.29 is 0 Å². The molecule has 0 unspecified atom stereocenters. The van der Waals surface area contributed by atoms with Gasteiger partial charge in [-0.2, -0.15) is 0 Å². The Bertz CT molecular complexity index is 514. The lowest BCUT2D eigenvalue weighted by atomic mass is 10.2. The summed E-state index contributed by atoms with van der Waals surface area (Å²) in [7, 11) is 0. The topological polar surface area (TPSA) is 40.7 Å². The minimum Gasteiger partial charge on any atom is -0.341 e. The van der Waals surface area contributed by atoms with Gasteiger partial charge >= 0.3 is 0 Å². The van der Waals surface area contributed by atoms with Crippen molar-refractivity contribution in [2.24, 2.45) is 0 Å². The van der Waals surface area contributed by atoms with Crippen molar-refractivity contribution in [2.45, 2.75) is 38.3 Å². The lowest BCUT2D eigenvalue weighted by Crippen LogP contribution is -2.25. The number of aromatic nitrogens is 2. The number of nitrogens with one attached hydrogen (secondary N) is 2. The van der Waals surface area contributed by atoms with Crippen LogP contribution in [-0.4, -0.2) is 16.0 Å². The smallest absolute Gasteiger partial charge is 0.121 e. The van der Waals surface area contributed by atoms with Crippen LogP contribution in [0.15, 0.2) is 18.2 Å². The van der Waals surface area contributed by atoms with Gasteiger partial charge in [0.15, 0.2) is 0 Å². The number of hydrogen-bond donors (Lipinski definition) is 2. The van der Waals surface area contributed by atoms with Gasteiger partial charge in [0.25, 0.3) is 0 Å². The fraction of sp³-hybridized carbons (Fsp3) is 0.462. The number of hydrogen-bond acceptors (Lipinski definition) is 2. The summed E-state index contributed by atoms with van der Waals surface area (Å²) in [5.41, 5.74) is 1.89. The molecule has 1 aliphatic rings. The molecule has 0 spiro atoms. The van der Waals surface area contributed by atoms with E-state index in [-0.39, 0.29) is 0 Å². The Morgan fingerprint density at radius 2 is 2.18 bits per heavy atom. The van der Waals surface area contributed by atoms with E-state index in [1.54, 1.807) is 0 Å². The van der Waals surface area contributed by atoms with Crippen molar-refractivity contribution >= 4 is 22.6 Å². The lowest BCUT2D eigenvalue weighted by molar-refractivity contribution is 0.516. The Morgan fingerprint density at radius 1 is 1.35 bits per heavy atom. The monoisotopic (exact) mass is 249 g/mol. The number of rotatable bonds is 3. The SMILES string of the molecule is Clc1cccc2[nH]c(CNC3CCCC3)nc12. The molecule has 3 nitrogen and oxygen atoms in total. The van der Waals surface area contributed by atoms with Gasteiger partial charge in [-0.15, -0.1) is 0 Å². The molecule has 1 aromatic carbocycles. The summed E-state index contributed by atoms with van der Waals surface area (Å²) in [5.74, 6) is 0.972. The van der Waals surface area contributed by atoms with Gasteiger partial charge in [0.05, 0.1) is 17.1 Å². The molecule has 1 aromatic heterocycles. The minimum atomic E-state index is 0.665. The summed E-state index contributed by atoms with van der Waals surface area (Å²) in [6, 6.07) is 6.49. The van der Waals surface area contributed by atoms with Gasteiger partial charge in [0.1, 0.15) is 11.3 Å². The highest BCUT2D eigenvalue weighted by Gasteiger charge is 2.14. The van der Waals surface area contributed by atoms with Crippen molar-refractivity contribution in [1.82, 2.24) is 15.3 Å². The van der Waals surface area contributed by atoms with Crippen molar-refractivity contribution in [3.63, 3.8) is 0 Å². The molecular weight excluding hydrogens is 234 g/mol. The zero-order valence-electron chi connectivity index (χ0n) is 9.67. The molecule has 1 aliphatic carbocycles. The van der Waals surface area contributed by atoms with Gasteiger partial charge in [0, 0.05) is 6.04 Å². The normalized spacial score (nSPS) is 17.0. The van der Waals surface area contributed by atoms with Crippen LogP contribution >= 0.6 is 11.6 Å². The molecule has 17 heavy (non-hydrogen) atoms. The van der Waals surface area contributed by atoms with Crippen LogP contribution in [0.3, 0.4) is 0 Å². The maximum atomic E-state index is 6.09. The second-order valence-electron chi connectivity index (χ2n) is 4.68. The molecule has 3 rings (SSSR count). The highest BCUT2D eigenvalue weighted by molar-refractivity contribution is 6.34. The minimum absolute atomic E-state index is 0.665. The molecule has 2 aromatic rings. The largest absolute Gasteiger partial charge is 0.341 e. The molecular formula is C13H16ClN3. The Hall–Kier alpha value is -1.06. The summed E-state index contributed by atoms with van der Waals surface area (Å²) in [5, 5.41) is 4.26. The first-order valence-electron chi connectivity index (χ1n) is 6.19. The third-order valence-electron chi connectivity index (χ3n) is 3.43. The Labute approximate surface area is 106 Å². The van der Waals surface area contributed by atoms with E-state index in [2.05, 4.69) is 15.3 Å². The van der Waals surface area contributed by atoms with Crippen LogP contribution in [-0.2, 0) is 6.54 Å². The van der Waals surface area contributed by atoms with Gasteiger partial charge in [-0.25, -0.2) is 4.98 Å². The molecule has 1 saturated carbocycles. The zero-order valence-corrected chi connectivity index (χ0v) is 10.4. The standard InChI is InChI=1S/C13H16ClN3/c14-10-6-3-7-11-13(10)17-12(16-11)8-15-9-4-1-2-5-9/h3,6-7,9,15H,1-2,4-5,8H2,(H,16,17). The third-order valence-corrected chi connectivity index (χ3v) is 3.73. The number of para-hydroxylation sites is 1. The average molecular weight is 250 g/mol. The molecule has 0 aliphatic heterocycles. The maximum absolute atomic E-state index is 6.09. The first-order valence-corrected chi connectivity index (χ1v) is 6.57. The van der Waals surface area contributed by atoms with E-state index in [1.165, 1.54) is 25.7 Å².